The molecule has 0 aromatic rings. The molecule has 1 fully saturated rings. The Balaban J connectivity index is 2.04. The number of hydrogen-bond donors (Lipinski definition) is 2. The molecule has 1 saturated carbocycles. The molecule has 1 aliphatic carbocycles. The first-order chi connectivity index (χ1) is 6.63. The first kappa shape index (κ1) is 12.0. The van der Waals surface area contributed by atoms with Gasteiger partial charge in [-0.2, -0.15) is 0 Å². The highest BCUT2D eigenvalue weighted by molar-refractivity contribution is 4.87. The van der Waals surface area contributed by atoms with Gasteiger partial charge in [0.25, 0.3) is 0 Å². The minimum absolute atomic E-state index is 0.325. The van der Waals surface area contributed by atoms with Crippen LogP contribution in [0.2, 0.25) is 0 Å². The van der Waals surface area contributed by atoms with Gasteiger partial charge in [-0.05, 0) is 44.4 Å². The summed E-state index contributed by atoms with van der Waals surface area (Å²) in [6.07, 6.45) is 4.72. The van der Waals surface area contributed by atoms with Gasteiger partial charge in [0.2, 0.25) is 0 Å². The lowest BCUT2D eigenvalue weighted by Gasteiger charge is -2.40. The molecule has 0 amide bonds. The van der Waals surface area contributed by atoms with Crippen molar-refractivity contribution >= 4 is 0 Å². The molecular formula is C12H25NO. The van der Waals surface area contributed by atoms with E-state index < -0.39 is 0 Å². The molecule has 0 radical (unpaired) electrons. The summed E-state index contributed by atoms with van der Waals surface area (Å²) in [6, 6.07) is 1.32. The third-order valence-corrected chi connectivity index (χ3v) is 3.43. The minimum Gasteiger partial charge on any atom is -0.396 e. The fraction of sp³-hybridized carbons (Fsp3) is 1.00. The zero-order valence-corrected chi connectivity index (χ0v) is 9.79. The largest absolute Gasteiger partial charge is 0.396 e. The predicted molar refractivity (Wildman–Crippen MR) is 60.3 cm³/mol. The molecule has 2 heteroatoms. The Bertz CT molecular complexity index is 152. The molecule has 1 aliphatic rings. The van der Waals surface area contributed by atoms with Gasteiger partial charge in [-0.3, -0.25) is 0 Å². The first-order valence-corrected chi connectivity index (χ1v) is 6.00. The standard InChI is InChI=1S/C12H25NO/c1-9(2)11-7-12(8-11)13-10(3)5-4-6-14/h9-14H,4-8H2,1-3H3. The Kier molecular flexibility index (Phi) is 4.90. The molecule has 0 spiro atoms. The zero-order chi connectivity index (χ0) is 10.6. The highest BCUT2D eigenvalue weighted by atomic mass is 16.2. The Morgan fingerprint density at radius 3 is 2.43 bits per heavy atom. The molecule has 0 saturated heterocycles. The van der Waals surface area contributed by atoms with Crippen molar-refractivity contribution in [2.75, 3.05) is 6.61 Å². The lowest BCUT2D eigenvalue weighted by molar-refractivity contribution is 0.155. The van der Waals surface area contributed by atoms with Gasteiger partial charge < -0.3 is 10.4 Å². The maximum absolute atomic E-state index is 8.71. The second kappa shape index (κ2) is 5.72. The molecule has 2 N–H and O–H groups in total. The minimum atomic E-state index is 0.325. The Morgan fingerprint density at radius 1 is 1.29 bits per heavy atom. The third kappa shape index (κ3) is 3.58. The van der Waals surface area contributed by atoms with Crippen molar-refractivity contribution in [1.29, 1.82) is 0 Å². The number of nitrogens with one attached hydrogen (secondary N) is 1. The van der Waals surface area contributed by atoms with E-state index in [0.717, 1.165) is 30.7 Å². The van der Waals surface area contributed by atoms with E-state index in [1.165, 1.54) is 12.8 Å². The summed E-state index contributed by atoms with van der Waals surface area (Å²) in [6.45, 7) is 7.18. The van der Waals surface area contributed by atoms with Gasteiger partial charge in [0.1, 0.15) is 0 Å². The summed E-state index contributed by atoms with van der Waals surface area (Å²) in [7, 11) is 0. The average Bonchev–Trinajstić information content (AvgIpc) is 2.06. The lowest BCUT2D eigenvalue weighted by atomic mass is 9.73. The number of rotatable bonds is 6. The summed E-state index contributed by atoms with van der Waals surface area (Å²) in [4.78, 5) is 0. The van der Waals surface area contributed by atoms with Gasteiger partial charge >= 0.3 is 0 Å². The fourth-order valence-electron chi connectivity index (χ4n) is 2.23. The molecule has 1 atom stereocenters. The van der Waals surface area contributed by atoms with Gasteiger partial charge in [-0.25, -0.2) is 0 Å². The van der Waals surface area contributed by atoms with E-state index in [-0.39, 0.29) is 0 Å². The molecular weight excluding hydrogens is 174 g/mol. The number of hydrogen-bond acceptors (Lipinski definition) is 2. The van der Waals surface area contributed by atoms with Crippen molar-refractivity contribution in [3.05, 3.63) is 0 Å². The molecule has 0 aromatic heterocycles. The summed E-state index contributed by atoms with van der Waals surface area (Å²) < 4.78 is 0. The Hall–Kier alpha value is -0.0800. The van der Waals surface area contributed by atoms with E-state index in [2.05, 4.69) is 26.1 Å². The van der Waals surface area contributed by atoms with Crippen molar-refractivity contribution in [3.8, 4) is 0 Å². The van der Waals surface area contributed by atoms with E-state index in [4.69, 9.17) is 5.11 Å². The summed E-state index contributed by atoms with van der Waals surface area (Å²) >= 11 is 0. The highest BCUT2D eigenvalue weighted by Crippen LogP contribution is 2.33. The highest BCUT2D eigenvalue weighted by Gasteiger charge is 2.31. The summed E-state index contributed by atoms with van der Waals surface area (Å²) in [5.74, 6) is 1.79. The molecule has 2 nitrogen and oxygen atoms in total. The lowest BCUT2D eigenvalue weighted by Crippen LogP contribution is -2.46. The SMILES string of the molecule is CC(CCCO)NC1CC(C(C)C)C1. The molecule has 1 unspecified atom stereocenters. The quantitative estimate of drug-likeness (QED) is 0.687. The van der Waals surface area contributed by atoms with Crippen LogP contribution in [0.1, 0.15) is 46.5 Å². The molecule has 0 bridgehead atoms. The molecule has 1 rings (SSSR count). The van der Waals surface area contributed by atoms with E-state index in [1.807, 2.05) is 0 Å². The monoisotopic (exact) mass is 199 g/mol. The van der Waals surface area contributed by atoms with Gasteiger partial charge in [-0.15, -0.1) is 0 Å². The number of aliphatic hydroxyl groups is 1. The van der Waals surface area contributed by atoms with Crippen LogP contribution >= 0.6 is 0 Å². The molecule has 0 aliphatic heterocycles. The van der Waals surface area contributed by atoms with E-state index in [9.17, 15) is 0 Å². The average molecular weight is 199 g/mol. The summed E-state index contributed by atoms with van der Waals surface area (Å²) in [5.41, 5.74) is 0. The van der Waals surface area contributed by atoms with Crippen molar-refractivity contribution < 1.29 is 5.11 Å². The van der Waals surface area contributed by atoms with Gasteiger partial charge in [0.15, 0.2) is 0 Å². The van der Waals surface area contributed by atoms with Crippen LogP contribution in [-0.4, -0.2) is 23.8 Å². The zero-order valence-electron chi connectivity index (χ0n) is 9.79. The number of aliphatic hydroxyl groups excluding tert-OH is 1. The van der Waals surface area contributed by atoms with Crippen molar-refractivity contribution in [3.63, 3.8) is 0 Å². The van der Waals surface area contributed by atoms with Crippen LogP contribution in [0.5, 0.6) is 0 Å². The summed E-state index contributed by atoms with van der Waals surface area (Å²) in [5, 5.41) is 12.3. The topological polar surface area (TPSA) is 32.3 Å². The van der Waals surface area contributed by atoms with Crippen LogP contribution < -0.4 is 5.32 Å². The smallest absolute Gasteiger partial charge is 0.0431 e. The fourth-order valence-corrected chi connectivity index (χ4v) is 2.23. The normalized spacial score (nSPS) is 28.9. The first-order valence-electron chi connectivity index (χ1n) is 6.00. The maximum atomic E-state index is 8.71. The van der Waals surface area contributed by atoms with E-state index in [1.54, 1.807) is 0 Å². The van der Waals surface area contributed by atoms with Crippen molar-refractivity contribution in [2.24, 2.45) is 11.8 Å². The van der Waals surface area contributed by atoms with Gasteiger partial charge in [-0.1, -0.05) is 13.8 Å². The molecule has 0 heterocycles. The maximum Gasteiger partial charge on any atom is 0.0431 e. The third-order valence-electron chi connectivity index (χ3n) is 3.43. The van der Waals surface area contributed by atoms with Crippen molar-refractivity contribution in [2.45, 2.75) is 58.5 Å². The van der Waals surface area contributed by atoms with Gasteiger partial charge in [0.05, 0.1) is 0 Å². The second-order valence-corrected chi connectivity index (χ2v) is 5.11. The van der Waals surface area contributed by atoms with E-state index in [0.29, 0.717) is 12.6 Å². The van der Waals surface area contributed by atoms with Crippen molar-refractivity contribution in [1.82, 2.24) is 5.32 Å². The van der Waals surface area contributed by atoms with Crippen LogP contribution in [0, 0.1) is 11.8 Å². The van der Waals surface area contributed by atoms with E-state index >= 15 is 0 Å². The Labute approximate surface area is 88.1 Å². The van der Waals surface area contributed by atoms with Gasteiger partial charge in [0, 0.05) is 18.7 Å². The molecule has 0 aromatic carbocycles. The van der Waals surface area contributed by atoms with Crippen LogP contribution in [0.25, 0.3) is 0 Å². The molecule has 14 heavy (non-hydrogen) atoms. The van der Waals surface area contributed by atoms with Crippen LogP contribution in [0.4, 0.5) is 0 Å². The second-order valence-electron chi connectivity index (χ2n) is 5.11. The molecule has 84 valence electrons. The van der Waals surface area contributed by atoms with Crippen LogP contribution in [-0.2, 0) is 0 Å². The Morgan fingerprint density at radius 2 is 1.93 bits per heavy atom. The predicted octanol–water partition coefficient (Wildman–Crippen LogP) is 2.17. The van der Waals surface area contributed by atoms with Crippen LogP contribution in [0.3, 0.4) is 0 Å². The van der Waals surface area contributed by atoms with Crippen LogP contribution in [0.15, 0.2) is 0 Å².